The van der Waals surface area contributed by atoms with Crippen LogP contribution in [0.5, 0.6) is 5.75 Å². The third-order valence-electron chi connectivity index (χ3n) is 2.39. The molecule has 0 aliphatic heterocycles. The SMILES string of the molecule is CCOc1ccc2c(C(=O)C(=O)Cl)c[nH]c2c1. The molecular formula is C12H10ClNO3. The van der Waals surface area contributed by atoms with Gasteiger partial charge in [-0.3, -0.25) is 9.59 Å². The number of fused-ring (bicyclic) bond motifs is 1. The van der Waals surface area contributed by atoms with Crippen LogP contribution in [0.4, 0.5) is 0 Å². The predicted molar refractivity (Wildman–Crippen MR) is 64.7 cm³/mol. The van der Waals surface area contributed by atoms with E-state index >= 15 is 0 Å². The molecule has 1 aromatic heterocycles. The van der Waals surface area contributed by atoms with Crippen molar-refractivity contribution in [2.45, 2.75) is 6.92 Å². The minimum absolute atomic E-state index is 0.281. The number of ether oxygens (including phenoxy) is 1. The normalized spacial score (nSPS) is 10.5. The zero-order chi connectivity index (χ0) is 12.4. The molecule has 0 fully saturated rings. The van der Waals surface area contributed by atoms with Crippen molar-refractivity contribution in [3.63, 3.8) is 0 Å². The van der Waals surface area contributed by atoms with E-state index in [-0.39, 0.29) is 5.56 Å². The van der Waals surface area contributed by atoms with Gasteiger partial charge in [0.05, 0.1) is 12.2 Å². The largest absolute Gasteiger partial charge is 0.494 e. The number of hydrogen-bond acceptors (Lipinski definition) is 3. The number of benzene rings is 1. The van der Waals surface area contributed by atoms with Crippen molar-refractivity contribution in [3.05, 3.63) is 30.0 Å². The molecule has 17 heavy (non-hydrogen) atoms. The zero-order valence-electron chi connectivity index (χ0n) is 9.12. The van der Waals surface area contributed by atoms with Gasteiger partial charge in [-0.25, -0.2) is 0 Å². The fourth-order valence-electron chi connectivity index (χ4n) is 1.66. The monoisotopic (exact) mass is 251 g/mol. The number of hydrogen-bond donors (Lipinski definition) is 1. The molecule has 0 spiro atoms. The quantitative estimate of drug-likeness (QED) is 0.516. The van der Waals surface area contributed by atoms with Crippen molar-refractivity contribution >= 4 is 33.5 Å². The van der Waals surface area contributed by atoms with Crippen LogP contribution in [0.2, 0.25) is 0 Å². The molecule has 2 rings (SSSR count). The number of ketones is 1. The van der Waals surface area contributed by atoms with Crippen LogP contribution < -0.4 is 4.74 Å². The van der Waals surface area contributed by atoms with Crippen LogP contribution >= 0.6 is 11.6 Å². The van der Waals surface area contributed by atoms with Crippen molar-refractivity contribution in [2.24, 2.45) is 0 Å². The maximum Gasteiger partial charge on any atom is 0.293 e. The Balaban J connectivity index is 2.48. The fourth-order valence-corrected chi connectivity index (χ4v) is 1.76. The molecule has 0 saturated carbocycles. The summed E-state index contributed by atoms with van der Waals surface area (Å²) in [7, 11) is 0. The zero-order valence-corrected chi connectivity index (χ0v) is 9.88. The minimum Gasteiger partial charge on any atom is -0.494 e. The van der Waals surface area contributed by atoms with E-state index in [1.54, 1.807) is 18.2 Å². The average molecular weight is 252 g/mol. The molecule has 0 aliphatic rings. The van der Waals surface area contributed by atoms with E-state index in [2.05, 4.69) is 4.98 Å². The Labute approximate surface area is 103 Å². The second kappa shape index (κ2) is 4.59. The number of nitrogens with one attached hydrogen (secondary N) is 1. The lowest BCUT2D eigenvalue weighted by Gasteiger charge is -2.02. The molecule has 0 unspecified atom stereocenters. The third kappa shape index (κ3) is 2.17. The summed E-state index contributed by atoms with van der Waals surface area (Å²) in [5, 5.41) is -0.327. The Morgan fingerprint density at radius 2 is 2.18 bits per heavy atom. The highest BCUT2D eigenvalue weighted by molar-refractivity contribution is 6.83. The van der Waals surface area contributed by atoms with Gasteiger partial charge in [0.15, 0.2) is 0 Å². The molecule has 0 radical (unpaired) electrons. The molecule has 1 heterocycles. The molecule has 0 saturated heterocycles. The Morgan fingerprint density at radius 1 is 1.41 bits per heavy atom. The molecule has 1 N–H and O–H groups in total. The Hall–Kier alpha value is -1.81. The van der Waals surface area contributed by atoms with Gasteiger partial charge >= 0.3 is 0 Å². The smallest absolute Gasteiger partial charge is 0.293 e. The van der Waals surface area contributed by atoms with Crippen LogP contribution in [0.25, 0.3) is 10.9 Å². The van der Waals surface area contributed by atoms with Crippen molar-refractivity contribution in [2.75, 3.05) is 6.61 Å². The molecular weight excluding hydrogens is 242 g/mol. The number of carbonyl (C=O) groups is 2. The van der Waals surface area contributed by atoms with Crippen LogP contribution in [-0.2, 0) is 4.79 Å². The molecule has 88 valence electrons. The van der Waals surface area contributed by atoms with Gasteiger partial charge in [-0.15, -0.1) is 0 Å². The highest BCUT2D eigenvalue weighted by Crippen LogP contribution is 2.24. The van der Waals surface area contributed by atoms with Crippen molar-refractivity contribution in [3.8, 4) is 5.75 Å². The van der Waals surface area contributed by atoms with Crippen molar-refractivity contribution in [1.82, 2.24) is 4.98 Å². The van der Waals surface area contributed by atoms with Crippen LogP contribution in [0, 0.1) is 0 Å². The standard InChI is InChI=1S/C12H10ClNO3/c1-2-17-7-3-4-8-9(11(15)12(13)16)6-14-10(8)5-7/h3-6,14H,2H2,1H3. The molecule has 0 amide bonds. The first-order valence-corrected chi connectivity index (χ1v) is 5.49. The highest BCUT2D eigenvalue weighted by atomic mass is 35.5. The van der Waals surface area contributed by atoms with Crippen LogP contribution in [0.3, 0.4) is 0 Å². The van der Waals surface area contributed by atoms with E-state index in [9.17, 15) is 9.59 Å². The number of Topliss-reactive ketones (excluding diaryl/α,β-unsaturated/α-hetero) is 1. The average Bonchev–Trinajstić information content (AvgIpc) is 2.71. The first-order valence-electron chi connectivity index (χ1n) is 5.11. The molecule has 0 aliphatic carbocycles. The lowest BCUT2D eigenvalue weighted by molar-refractivity contribution is -0.108. The summed E-state index contributed by atoms with van der Waals surface area (Å²) in [6.07, 6.45) is 1.48. The van der Waals surface area contributed by atoms with Crippen LogP contribution in [0.1, 0.15) is 17.3 Å². The summed E-state index contributed by atoms with van der Waals surface area (Å²) in [5.74, 6) is 0.000116. The Bertz CT molecular complexity index is 588. The molecule has 1 aromatic carbocycles. The van der Waals surface area contributed by atoms with E-state index in [4.69, 9.17) is 16.3 Å². The van der Waals surface area contributed by atoms with Gasteiger partial charge in [0.2, 0.25) is 5.78 Å². The lowest BCUT2D eigenvalue weighted by Crippen LogP contribution is -2.06. The van der Waals surface area contributed by atoms with E-state index in [0.29, 0.717) is 17.7 Å². The second-order valence-electron chi connectivity index (χ2n) is 3.45. The maximum atomic E-state index is 11.5. The van der Waals surface area contributed by atoms with Gasteiger partial charge in [-0.05, 0) is 30.7 Å². The molecule has 4 nitrogen and oxygen atoms in total. The van der Waals surface area contributed by atoms with Crippen molar-refractivity contribution < 1.29 is 14.3 Å². The first-order chi connectivity index (χ1) is 8.13. The number of aromatic nitrogens is 1. The Kier molecular flexibility index (Phi) is 3.15. The number of halogens is 1. The topological polar surface area (TPSA) is 59.2 Å². The summed E-state index contributed by atoms with van der Waals surface area (Å²) in [4.78, 5) is 25.2. The second-order valence-corrected chi connectivity index (χ2v) is 3.79. The summed E-state index contributed by atoms with van der Waals surface area (Å²) >= 11 is 5.17. The molecule has 0 bridgehead atoms. The van der Waals surface area contributed by atoms with Crippen LogP contribution in [-0.4, -0.2) is 22.6 Å². The van der Waals surface area contributed by atoms with Crippen LogP contribution in [0.15, 0.2) is 24.4 Å². The maximum absolute atomic E-state index is 11.5. The van der Waals surface area contributed by atoms with E-state index in [0.717, 1.165) is 5.52 Å². The molecule has 2 aromatic rings. The number of rotatable bonds is 4. The van der Waals surface area contributed by atoms with Gasteiger partial charge in [0, 0.05) is 23.2 Å². The lowest BCUT2D eigenvalue weighted by atomic mass is 10.1. The third-order valence-corrected chi connectivity index (χ3v) is 2.56. The number of carbonyl (C=O) groups excluding carboxylic acids is 2. The summed E-state index contributed by atoms with van der Waals surface area (Å²) in [5.41, 5.74) is 1.01. The van der Waals surface area contributed by atoms with E-state index in [1.165, 1.54) is 6.20 Å². The minimum atomic E-state index is -0.986. The van der Waals surface area contributed by atoms with Gasteiger partial charge in [0.25, 0.3) is 5.24 Å². The van der Waals surface area contributed by atoms with Gasteiger partial charge in [-0.1, -0.05) is 0 Å². The Morgan fingerprint density at radius 3 is 2.82 bits per heavy atom. The summed E-state index contributed by atoms with van der Waals surface area (Å²) < 4.78 is 5.33. The fraction of sp³-hybridized carbons (Fsp3) is 0.167. The van der Waals surface area contributed by atoms with E-state index < -0.39 is 11.0 Å². The number of H-pyrrole nitrogens is 1. The van der Waals surface area contributed by atoms with Gasteiger partial charge in [-0.2, -0.15) is 0 Å². The van der Waals surface area contributed by atoms with E-state index in [1.807, 2.05) is 6.92 Å². The van der Waals surface area contributed by atoms with Gasteiger partial charge in [0.1, 0.15) is 5.75 Å². The number of aromatic amines is 1. The first kappa shape index (κ1) is 11.7. The summed E-state index contributed by atoms with van der Waals surface area (Å²) in [6.45, 7) is 2.46. The highest BCUT2D eigenvalue weighted by Gasteiger charge is 2.17. The van der Waals surface area contributed by atoms with Crippen molar-refractivity contribution in [1.29, 1.82) is 0 Å². The summed E-state index contributed by atoms with van der Waals surface area (Å²) in [6, 6.07) is 5.24. The molecule has 5 heteroatoms. The molecule has 0 atom stereocenters. The van der Waals surface area contributed by atoms with Gasteiger partial charge < -0.3 is 9.72 Å². The predicted octanol–water partition coefficient (Wildman–Crippen LogP) is 2.51.